The maximum atomic E-state index is 12.3. The van der Waals surface area contributed by atoms with Crippen LogP contribution in [0.3, 0.4) is 0 Å². The minimum atomic E-state index is -0.426. The van der Waals surface area contributed by atoms with Crippen LogP contribution in [0.5, 0.6) is 5.75 Å². The number of rotatable bonds is 8. The Kier molecular flexibility index (Phi) is 6.47. The second kappa shape index (κ2) is 9.22. The molecule has 2 aromatic carbocycles. The third-order valence-corrected chi connectivity index (χ3v) is 4.69. The van der Waals surface area contributed by atoms with Crippen molar-refractivity contribution in [2.24, 2.45) is 0 Å². The summed E-state index contributed by atoms with van der Waals surface area (Å²) in [6.07, 6.45) is 3.10. The molecule has 3 rings (SSSR count). The van der Waals surface area contributed by atoms with E-state index in [0.29, 0.717) is 34.3 Å². The minimum absolute atomic E-state index is 0.0521. The van der Waals surface area contributed by atoms with Gasteiger partial charge in [0.05, 0.1) is 4.92 Å². The number of nitro benzene ring substituents is 1. The van der Waals surface area contributed by atoms with Crippen LogP contribution in [0.1, 0.15) is 52.8 Å². The van der Waals surface area contributed by atoms with Gasteiger partial charge in [0.2, 0.25) is 0 Å². The number of furan rings is 1. The highest BCUT2D eigenvalue weighted by Gasteiger charge is 2.11. The first-order valence-corrected chi connectivity index (χ1v) is 9.62. The Morgan fingerprint density at radius 3 is 2.50 bits per heavy atom. The lowest BCUT2D eigenvalue weighted by Gasteiger charge is -2.05. The fourth-order valence-corrected chi connectivity index (χ4v) is 2.93. The van der Waals surface area contributed by atoms with E-state index in [1.807, 2.05) is 24.3 Å². The van der Waals surface area contributed by atoms with Crippen molar-refractivity contribution in [1.29, 1.82) is 0 Å². The molecular weight excluding hydrogens is 382 g/mol. The number of hydrogen-bond donors (Lipinski definition) is 0. The molecule has 0 amide bonds. The smallest absolute Gasteiger partial charge is 0.272 e. The zero-order valence-electron chi connectivity index (χ0n) is 17.1. The summed E-state index contributed by atoms with van der Waals surface area (Å²) in [7, 11) is 0. The molecule has 154 valence electrons. The molecule has 3 aromatic rings. The Labute approximate surface area is 174 Å². The maximum absolute atomic E-state index is 12.3. The summed E-state index contributed by atoms with van der Waals surface area (Å²) in [6.45, 7) is 6.05. The number of ether oxygens (including phenoxy) is 1. The molecular formula is C24H23NO5. The van der Waals surface area contributed by atoms with Gasteiger partial charge >= 0.3 is 0 Å². The molecule has 0 saturated carbocycles. The fourth-order valence-electron chi connectivity index (χ4n) is 2.93. The topological polar surface area (TPSA) is 82.6 Å². The fraction of sp³-hybridized carbons (Fsp3) is 0.208. The zero-order valence-corrected chi connectivity index (χ0v) is 17.1. The summed E-state index contributed by atoms with van der Waals surface area (Å²) < 4.78 is 11.3. The van der Waals surface area contributed by atoms with Crippen molar-refractivity contribution >= 4 is 17.5 Å². The number of carbonyl (C=O) groups is 1. The van der Waals surface area contributed by atoms with Gasteiger partial charge in [0, 0.05) is 17.2 Å². The summed E-state index contributed by atoms with van der Waals surface area (Å²) in [5.41, 5.74) is 2.39. The maximum Gasteiger partial charge on any atom is 0.272 e. The first-order chi connectivity index (χ1) is 14.3. The van der Waals surface area contributed by atoms with Crippen LogP contribution in [0, 0.1) is 17.0 Å². The molecule has 6 nitrogen and oxygen atoms in total. The molecule has 0 spiro atoms. The number of carbonyl (C=O) groups excluding carboxylic acids is 1. The molecule has 1 heterocycles. The van der Waals surface area contributed by atoms with Crippen molar-refractivity contribution in [2.75, 3.05) is 0 Å². The van der Waals surface area contributed by atoms with Crippen LogP contribution < -0.4 is 4.74 Å². The lowest BCUT2D eigenvalue weighted by molar-refractivity contribution is -0.385. The highest BCUT2D eigenvalue weighted by atomic mass is 16.6. The molecule has 0 saturated heterocycles. The van der Waals surface area contributed by atoms with Gasteiger partial charge in [-0.15, -0.1) is 0 Å². The van der Waals surface area contributed by atoms with E-state index in [1.165, 1.54) is 17.7 Å². The first-order valence-electron chi connectivity index (χ1n) is 9.62. The van der Waals surface area contributed by atoms with Gasteiger partial charge in [-0.25, -0.2) is 0 Å². The van der Waals surface area contributed by atoms with Gasteiger partial charge in [0.15, 0.2) is 5.78 Å². The summed E-state index contributed by atoms with van der Waals surface area (Å²) in [4.78, 5) is 22.8. The zero-order chi connectivity index (χ0) is 21.7. The SMILES string of the molecule is Cc1cc(OCc2ccc(/C=C/C(=O)c3ccc(C(C)C)cc3)o2)ccc1[N+](=O)[O-]. The number of aryl methyl sites for hydroxylation is 1. The summed E-state index contributed by atoms with van der Waals surface area (Å²) in [6, 6.07) is 15.7. The highest BCUT2D eigenvalue weighted by molar-refractivity contribution is 6.06. The molecule has 30 heavy (non-hydrogen) atoms. The van der Waals surface area contributed by atoms with E-state index in [9.17, 15) is 14.9 Å². The average molecular weight is 405 g/mol. The van der Waals surface area contributed by atoms with Crippen LogP contribution in [0.25, 0.3) is 6.08 Å². The number of benzene rings is 2. The van der Waals surface area contributed by atoms with Crippen LogP contribution in [0.15, 0.2) is 65.1 Å². The summed E-state index contributed by atoms with van der Waals surface area (Å²) in [5, 5.41) is 10.9. The molecule has 0 fully saturated rings. The number of allylic oxidation sites excluding steroid dienone is 1. The third kappa shape index (κ3) is 5.23. The van der Waals surface area contributed by atoms with Crippen LogP contribution in [-0.2, 0) is 6.61 Å². The Morgan fingerprint density at radius 2 is 1.87 bits per heavy atom. The van der Waals surface area contributed by atoms with Crippen molar-refractivity contribution in [3.05, 3.63) is 99.0 Å². The van der Waals surface area contributed by atoms with Crippen LogP contribution in [0.4, 0.5) is 5.69 Å². The van der Waals surface area contributed by atoms with Crippen molar-refractivity contribution in [3.8, 4) is 5.75 Å². The number of hydrogen-bond acceptors (Lipinski definition) is 5. The highest BCUT2D eigenvalue weighted by Crippen LogP contribution is 2.24. The second-order valence-electron chi connectivity index (χ2n) is 7.27. The van der Waals surface area contributed by atoms with E-state index in [2.05, 4.69) is 13.8 Å². The van der Waals surface area contributed by atoms with Gasteiger partial charge < -0.3 is 9.15 Å². The van der Waals surface area contributed by atoms with E-state index in [-0.39, 0.29) is 18.1 Å². The second-order valence-corrected chi connectivity index (χ2v) is 7.27. The molecule has 1 aromatic heterocycles. The quantitative estimate of drug-likeness (QED) is 0.196. The predicted molar refractivity (Wildman–Crippen MR) is 115 cm³/mol. The van der Waals surface area contributed by atoms with E-state index in [1.54, 1.807) is 37.3 Å². The van der Waals surface area contributed by atoms with Gasteiger partial charge in [-0.3, -0.25) is 14.9 Å². The van der Waals surface area contributed by atoms with Crippen LogP contribution >= 0.6 is 0 Å². The molecule has 0 unspecified atom stereocenters. The van der Waals surface area contributed by atoms with E-state index < -0.39 is 4.92 Å². The van der Waals surface area contributed by atoms with E-state index in [4.69, 9.17) is 9.15 Å². The largest absolute Gasteiger partial charge is 0.486 e. The number of nitro groups is 1. The molecule has 0 atom stereocenters. The summed E-state index contributed by atoms with van der Waals surface area (Å²) >= 11 is 0. The van der Waals surface area contributed by atoms with Crippen molar-refractivity contribution < 1.29 is 18.9 Å². The van der Waals surface area contributed by atoms with Gasteiger partial charge in [0.1, 0.15) is 23.9 Å². The van der Waals surface area contributed by atoms with Gasteiger partial charge in [0.25, 0.3) is 5.69 Å². The number of ketones is 1. The Bertz CT molecular complexity index is 1080. The van der Waals surface area contributed by atoms with Crippen molar-refractivity contribution in [3.63, 3.8) is 0 Å². The molecule has 0 aliphatic carbocycles. The Hall–Kier alpha value is -3.67. The Morgan fingerprint density at radius 1 is 1.13 bits per heavy atom. The van der Waals surface area contributed by atoms with Gasteiger partial charge in [-0.1, -0.05) is 38.1 Å². The van der Waals surface area contributed by atoms with Crippen LogP contribution in [0.2, 0.25) is 0 Å². The van der Waals surface area contributed by atoms with Gasteiger partial charge in [-0.05, 0) is 54.8 Å². The standard InChI is InChI=1S/C24H23NO5/c1-16(2)18-4-6-19(7-5-18)24(26)13-11-20-8-9-22(30-20)15-29-21-10-12-23(25(27)28)17(3)14-21/h4-14,16H,15H2,1-3H3/b13-11+. The average Bonchev–Trinajstić information content (AvgIpc) is 3.18. The monoisotopic (exact) mass is 405 g/mol. The Balaban J connectivity index is 1.58. The normalized spacial score (nSPS) is 11.2. The molecule has 0 radical (unpaired) electrons. The lowest BCUT2D eigenvalue weighted by Crippen LogP contribution is -1.96. The summed E-state index contributed by atoms with van der Waals surface area (Å²) in [5.74, 6) is 1.97. The molecule has 0 bridgehead atoms. The van der Waals surface area contributed by atoms with Crippen LogP contribution in [-0.4, -0.2) is 10.7 Å². The van der Waals surface area contributed by atoms with E-state index >= 15 is 0 Å². The van der Waals surface area contributed by atoms with Crippen molar-refractivity contribution in [1.82, 2.24) is 0 Å². The van der Waals surface area contributed by atoms with E-state index in [0.717, 1.165) is 0 Å². The molecule has 0 N–H and O–H groups in total. The predicted octanol–water partition coefficient (Wildman–Crippen LogP) is 6.09. The first kappa shape index (κ1) is 21.0. The molecule has 0 aliphatic heterocycles. The molecule has 6 heteroatoms. The van der Waals surface area contributed by atoms with Gasteiger partial charge in [-0.2, -0.15) is 0 Å². The minimum Gasteiger partial charge on any atom is -0.486 e. The lowest BCUT2D eigenvalue weighted by atomic mass is 10.0. The number of nitrogens with zero attached hydrogens (tertiary/aromatic N) is 1. The third-order valence-electron chi connectivity index (χ3n) is 4.69. The van der Waals surface area contributed by atoms with Crippen molar-refractivity contribution in [2.45, 2.75) is 33.3 Å². The molecule has 0 aliphatic rings.